The molecule has 0 bridgehead atoms. The van der Waals surface area contributed by atoms with Gasteiger partial charge in [-0.05, 0) is 26.0 Å². The van der Waals surface area contributed by atoms with Crippen LogP contribution in [0.25, 0.3) is 5.69 Å². The number of aryl methyl sites for hydroxylation is 2. The standard InChI is InChI=1S/C13H15N5O2/c1-6-10(5-4-9(16-6)8(3)19)18-12(14)11(13(15)20)7(2)17-18/h4-5H,14H2,1-3H3,(H2,15,20). The quantitative estimate of drug-likeness (QED) is 0.801. The number of anilines is 1. The number of carbonyl (C=O) groups excluding carboxylic acids is 2. The molecule has 0 saturated carbocycles. The Balaban J connectivity index is 2.61. The summed E-state index contributed by atoms with van der Waals surface area (Å²) in [6.45, 7) is 4.83. The van der Waals surface area contributed by atoms with Crippen molar-refractivity contribution in [2.75, 3.05) is 5.73 Å². The molecule has 1 amide bonds. The summed E-state index contributed by atoms with van der Waals surface area (Å²) in [7, 11) is 0. The van der Waals surface area contributed by atoms with Gasteiger partial charge < -0.3 is 11.5 Å². The van der Waals surface area contributed by atoms with E-state index in [9.17, 15) is 9.59 Å². The molecular weight excluding hydrogens is 258 g/mol. The molecule has 4 N–H and O–H groups in total. The third kappa shape index (κ3) is 2.13. The molecule has 20 heavy (non-hydrogen) atoms. The third-order valence-corrected chi connectivity index (χ3v) is 2.99. The molecule has 0 aromatic carbocycles. The van der Waals surface area contributed by atoms with E-state index in [4.69, 9.17) is 11.5 Å². The van der Waals surface area contributed by atoms with Crippen LogP contribution in [0, 0.1) is 13.8 Å². The van der Waals surface area contributed by atoms with Gasteiger partial charge in [0.2, 0.25) is 0 Å². The summed E-state index contributed by atoms with van der Waals surface area (Å²) in [5.74, 6) is -0.588. The van der Waals surface area contributed by atoms with Gasteiger partial charge in [0.25, 0.3) is 5.91 Å². The highest BCUT2D eigenvalue weighted by atomic mass is 16.1. The summed E-state index contributed by atoms with van der Waals surface area (Å²) >= 11 is 0. The van der Waals surface area contributed by atoms with Gasteiger partial charge in [0.05, 0.1) is 17.1 Å². The Hall–Kier alpha value is -2.70. The summed E-state index contributed by atoms with van der Waals surface area (Å²) in [4.78, 5) is 26.8. The van der Waals surface area contributed by atoms with Crippen molar-refractivity contribution >= 4 is 17.5 Å². The number of hydrogen-bond donors (Lipinski definition) is 2. The molecule has 0 atom stereocenters. The Morgan fingerprint density at radius 1 is 1.20 bits per heavy atom. The summed E-state index contributed by atoms with van der Waals surface area (Å²) in [6, 6.07) is 3.28. The van der Waals surface area contributed by atoms with E-state index in [2.05, 4.69) is 10.1 Å². The highest BCUT2D eigenvalue weighted by Crippen LogP contribution is 2.22. The highest BCUT2D eigenvalue weighted by molar-refractivity contribution is 5.98. The average molecular weight is 273 g/mol. The van der Waals surface area contributed by atoms with Gasteiger partial charge in [-0.2, -0.15) is 5.10 Å². The Kier molecular flexibility index (Phi) is 3.27. The maximum atomic E-state index is 11.3. The van der Waals surface area contributed by atoms with E-state index in [0.717, 1.165) is 0 Å². The average Bonchev–Trinajstić information content (AvgIpc) is 2.64. The van der Waals surface area contributed by atoms with Crippen molar-refractivity contribution in [2.45, 2.75) is 20.8 Å². The van der Waals surface area contributed by atoms with Gasteiger partial charge in [0.15, 0.2) is 5.78 Å². The van der Waals surface area contributed by atoms with Gasteiger partial charge in [-0.3, -0.25) is 9.59 Å². The SMILES string of the molecule is CC(=O)c1ccc(-n2nc(C)c(C(N)=O)c2N)c(C)n1. The summed E-state index contributed by atoms with van der Waals surface area (Å²) in [6.07, 6.45) is 0. The number of rotatable bonds is 3. The molecule has 0 aliphatic heterocycles. The van der Waals surface area contributed by atoms with Crippen LogP contribution in [0.2, 0.25) is 0 Å². The normalized spacial score (nSPS) is 10.6. The summed E-state index contributed by atoms with van der Waals surface area (Å²) in [5.41, 5.74) is 13.4. The second-order valence-corrected chi connectivity index (χ2v) is 4.48. The lowest BCUT2D eigenvalue weighted by atomic mass is 10.2. The third-order valence-electron chi connectivity index (χ3n) is 2.99. The van der Waals surface area contributed by atoms with Crippen LogP contribution >= 0.6 is 0 Å². The van der Waals surface area contributed by atoms with Crippen LogP contribution in [0.15, 0.2) is 12.1 Å². The maximum Gasteiger partial charge on any atom is 0.254 e. The maximum absolute atomic E-state index is 11.3. The molecular formula is C13H15N5O2. The lowest BCUT2D eigenvalue weighted by molar-refractivity contribution is 0.0995. The number of nitrogens with zero attached hydrogens (tertiary/aromatic N) is 3. The Morgan fingerprint density at radius 3 is 2.30 bits per heavy atom. The van der Waals surface area contributed by atoms with E-state index in [-0.39, 0.29) is 17.2 Å². The first-order valence-corrected chi connectivity index (χ1v) is 5.96. The molecule has 2 aromatic heterocycles. The number of Topliss-reactive ketones (excluding diaryl/α,β-unsaturated/α-hetero) is 1. The zero-order chi connectivity index (χ0) is 15.0. The first-order valence-electron chi connectivity index (χ1n) is 5.96. The monoisotopic (exact) mass is 273 g/mol. The van der Waals surface area contributed by atoms with Crippen molar-refractivity contribution < 1.29 is 9.59 Å². The van der Waals surface area contributed by atoms with E-state index in [0.29, 0.717) is 22.8 Å². The topological polar surface area (TPSA) is 117 Å². The first kappa shape index (κ1) is 13.7. The van der Waals surface area contributed by atoms with Gasteiger partial charge in [0.1, 0.15) is 17.1 Å². The minimum atomic E-state index is -0.628. The lowest BCUT2D eigenvalue weighted by Crippen LogP contribution is -2.14. The van der Waals surface area contributed by atoms with Crippen molar-refractivity contribution in [1.29, 1.82) is 0 Å². The number of amides is 1. The number of ketones is 1. The van der Waals surface area contributed by atoms with Crippen molar-refractivity contribution in [3.63, 3.8) is 0 Å². The van der Waals surface area contributed by atoms with Crippen molar-refractivity contribution in [2.24, 2.45) is 5.73 Å². The molecule has 0 aliphatic rings. The molecule has 7 heteroatoms. The fraction of sp³-hybridized carbons (Fsp3) is 0.231. The van der Waals surface area contributed by atoms with Crippen molar-refractivity contribution in [1.82, 2.24) is 14.8 Å². The van der Waals surface area contributed by atoms with Crippen molar-refractivity contribution in [3.8, 4) is 5.69 Å². The van der Waals surface area contributed by atoms with Gasteiger partial charge >= 0.3 is 0 Å². The lowest BCUT2D eigenvalue weighted by Gasteiger charge is -2.08. The van der Waals surface area contributed by atoms with E-state index in [1.807, 2.05) is 0 Å². The molecule has 0 unspecified atom stereocenters. The van der Waals surface area contributed by atoms with Gasteiger partial charge in [-0.1, -0.05) is 0 Å². The van der Waals surface area contributed by atoms with Crippen LogP contribution in [0.1, 0.15) is 39.2 Å². The number of hydrogen-bond acceptors (Lipinski definition) is 5. The van der Waals surface area contributed by atoms with E-state index in [1.54, 1.807) is 26.0 Å². The molecule has 0 radical (unpaired) electrons. The Bertz CT molecular complexity index is 718. The molecule has 0 saturated heterocycles. The molecule has 104 valence electrons. The minimum Gasteiger partial charge on any atom is -0.383 e. The van der Waals surface area contributed by atoms with Crippen LogP contribution in [0.4, 0.5) is 5.82 Å². The zero-order valence-corrected chi connectivity index (χ0v) is 11.5. The second-order valence-electron chi connectivity index (χ2n) is 4.48. The Morgan fingerprint density at radius 2 is 1.85 bits per heavy atom. The fourth-order valence-corrected chi connectivity index (χ4v) is 2.01. The molecule has 2 aromatic rings. The van der Waals surface area contributed by atoms with Crippen LogP contribution in [0.3, 0.4) is 0 Å². The van der Waals surface area contributed by atoms with Gasteiger partial charge in [-0.25, -0.2) is 9.67 Å². The zero-order valence-electron chi connectivity index (χ0n) is 11.5. The smallest absolute Gasteiger partial charge is 0.254 e. The molecule has 2 heterocycles. The molecule has 0 spiro atoms. The summed E-state index contributed by atoms with van der Waals surface area (Å²) < 4.78 is 1.40. The van der Waals surface area contributed by atoms with E-state index < -0.39 is 5.91 Å². The predicted molar refractivity (Wildman–Crippen MR) is 73.8 cm³/mol. The second kappa shape index (κ2) is 4.76. The van der Waals surface area contributed by atoms with Crippen LogP contribution in [-0.4, -0.2) is 26.5 Å². The largest absolute Gasteiger partial charge is 0.383 e. The number of nitrogens with two attached hydrogens (primary N) is 2. The number of primary amides is 1. The highest BCUT2D eigenvalue weighted by Gasteiger charge is 2.19. The number of pyridine rings is 1. The number of carbonyl (C=O) groups is 2. The fourth-order valence-electron chi connectivity index (χ4n) is 2.01. The van der Waals surface area contributed by atoms with Crippen LogP contribution < -0.4 is 11.5 Å². The van der Waals surface area contributed by atoms with Gasteiger partial charge in [0, 0.05) is 6.92 Å². The first-order chi connectivity index (χ1) is 9.32. The van der Waals surface area contributed by atoms with Crippen molar-refractivity contribution in [3.05, 3.63) is 34.8 Å². The summed E-state index contributed by atoms with van der Waals surface area (Å²) in [5, 5.41) is 4.20. The van der Waals surface area contributed by atoms with Gasteiger partial charge in [-0.15, -0.1) is 0 Å². The Labute approximate surface area is 115 Å². The number of nitrogen functional groups attached to an aromatic ring is 1. The molecule has 2 rings (SSSR count). The van der Waals surface area contributed by atoms with E-state index in [1.165, 1.54) is 11.6 Å². The van der Waals surface area contributed by atoms with Crippen LogP contribution in [0.5, 0.6) is 0 Å². The molecule has 0 aliphatic carbocycles. The van der Waals surface area contributed by atoms with E-state index >= 15 is 0 Å². The molecule has 7 nitrogen and oxygen atoms in total. The minimum absolute atomic E-state index is 0.123. The number of aromatic nitrogens is 3. The predicted octanol–water partition coefficient (Wildman–Crippen LogP) is 0.768. The van der Waals surface area contributed by atoms with Crippen LogP contribution in [-0.2, 0) is 0 Å². The molecule has 0 fully saturated rings.